The summed E-state index contributed by atoms with van der Waals surface area (Å²) in [5.74, 6) is 1.47. The molecule has 28 heavy (non-hydrogen) atoms. The van der Waals surface area contributed by atoms with Gasteiger partial charge < -0.3 is 15.0 Å². The molecule has 7 nitrogen and oxygen atoms in total. The molecule has 0 aliphatic carbocycles. The molecule has 3 heterocycles. The first-order valence-electron chi connectivity index (χ1n) is 8.93. The summed E-state index contributed by atoms with van der Waals surface area (Å²) in [5, 5.41) is 6.57. The minimum absolute atomic E-state index is 0.0868. The fourth-order valence-electron chi connectivity index (χ4n) is 3.32. The van der Waals surface area contributed by atoms with Crippen LogP contribution in [0.5, 0.6) is 5.75 Å². The van der Waals surface area contributed by atoms with E-state index in [9.17, 15) is 4.79 Å². The van der Waals surface area contributed by atoms with Crippen LogP contribution in [-0.4, -0.2) is 60.6 Å². The van der Waals surface area contributed by atoms with E-state index in [1.807, 2.05) is 5.38 Å². The van der Waals surface area contributed by atoms with Crippen LogP contribution in [0, 0.1) is 0 Å². The second-order valence-electron chi connectivity index (χ2n) is 6.49. The smallest absolute Gasteiger partial charge is 0.238 e. The molecule has 2 aromatic heterocycles. The predicted octanol–water partition coefficient (Wildman–Crippen LogP) is 3.11. The molecular weight excluding hydrogens is 398 g/mol. The number of ether oxygens (including phenoxy) is 1. The van der Waals surface area contributed by atoms with Crippen LogP contribution in [0.15, 0.2) is 36.0 Å². The average molecular weight is 418 g/mol. The summed E-state index contributed by atoms with van der Waals surface area (Å²) < 4.78 is 5.28. The Morgan fingerprint density at radius 2 is 2.07 bits per heavy atom. The van der Waals surface area contributed by atoms with Crippen molar-refractivity contribution in [3.8, 4) is 5.75 Å². The van der Waals surface area contributed by atoms with Gasteiger partial charge in [0.2, 0.25) is 5.91 Å². The lowest BCUT2D eigenvalue weighted by Gasteiger charge is -2.35. The van der Waals surface area contributed by atoms with Crippen LogP contribution in [0.1, 0.15) is 0 Å². The molecule has 0 unspecified atom stereocenters. The molecule has 0 radical (unpaired) electrons. The fourth-order valence-corrected chi connectivity index (χ4v) is 4.22. The highest BCUT2D eigenvalue weighted by atomic mass is 35.5. The number of rotatable bonds is 5. The van der Waals surface area contributed by atoms with Crippen LogP contribution >= 0.6 is 22.9 Å². The molecule has 1 amide bonds. The van der Waals surface area contributed by atoms with Crippen molar-refractivity contribution < 1.29 is 9.53 Å². The quantitative estimate of drug-likeness (QED) is 0.687. The third kappa shape index (κ3) is 4.04. The van der Waals surface area contributed by atoms with Crippen molar-refractivity contribution in [2.75, 3.05) is 50.1 Å². The van der Waals surface area contributed by atoms with Gasteiger partial charge in [-0.2, -0.15) is 0 Å². The number of methoxy groups -OCH3 is 1. The Balaban J connectivity index is 1.35. The van der Waals surface area contributed by atoms with Crippen LogP contribution in [0.25, 0.3) is 10.2 Å². The molecule has 0 bridgehead atoms. The van der Waals surface area contributed by atoms with Crippen LogP contribution in [0.2, 0.25) is 5.02 Å². The third-order valence-corrected chi connectivity index (χ3v) is 5.77. The molecule has 4 rings (SSSR count). The van der Waals surface area contributed by atoms with E-state index in [1.165, 1.54) is 0 Å². The average Bonchev–Trinajstić information content (AvgIpc) is 3.18. The summed E-state index contributed by atoms with van der Waals surface area (Å²) >= 11 is 7.64. The molecule has 1 fully saturated rings. The number of nitrogens with one attached hydrogen (secondary N) is 1. The Morgan fingerprint density at radius 3 is 2.86 bits per heavy atom. The minimum atomic E-state index is -0.0868. The summed E-state index contributed by atoms with van der Waals surface area (Å²) in [7, 11) is 1.57. The summed E-state index contributed by atoms with van der Waals surface area (Å²) in [6.07, 6.45) is 1.62. The normalized spacial score (nSPS) is 15.0. The van der Waals surface area contributed by atoms with Gasteiger partial charge in [0.1, 0.15) is 22.7 Å². The lowest BCUT2D eigenvalue weighted by Crippen LogP contribution is -2.49. The maximum atomic E-state index is 12.5. The lowest BCUT2D eigenvalue weighted by atomic mass is 10.2. The molecule has 1 aliphatic heterocycles. The molecule has 9 heteroatoms. The second-order valence-corrected chi connectivity index (χ2v) is 7.82. The van der Waals surface area contributed by atoms with Gasteiger partial charge in [0, 0.05) is 31.2 Å². The number of nitrogens with zero attached hydrogens (tertiary/aromatic N) is 4. The number of anilines is 2. The Labute approximate surface area is 171 Å². The molecule has 1 aliphatic rings. The highest BCUT2D eigenvalue weighted by molar-refractivity contribution is 7.16. The van der Waals surface area contributed by atoms with Gasteiger partial charge >= 0.3 is 0 Å². The maximum Gasteiger partial charge on any atom is 0.238 e. The molecule has 0 spiro atoms. The van der Waals surface area contributed by atoms with Gasteiger partial charge in [0.05, 0.1) is 24.7 Å². The van der Waals surface area contributed by atoms with Gasteiger partial charge in [-0.1, -0.05) is 11.6 Å². The Morgan fingerprint density at radius 1 is 1.25 bits per heavy atom. The first kappa shape index (κ1) is 18.9. The molecule has 1 saturated heterocycles. The van der Waals surface area contributed by atoms with Crippen molar-refractivity contribution in [1.82, 2.24) is 14.9 Å². The zero-order valence-corrected chi connectivity index (χ0v) is 17.0. The standard InChI is InChI=1S/C19H20ClN5O2S/c1-27-16-3-2-13(20)10-15(16)23-17(26)11-24-5-7-25(8-6-24)18-14-4-9-28-19(14)22-12-21-18/h2-4,9-10,12H,5-8,11H2,1H3,(H,23,26). The van der Waals surface area contributed by atoms with Gasteiger partial charge in [-0.25, -0.2) is 9.97 Å². The van der Waals surface area contributed by atoms with Crippen LogP contribution in [0.4, 0.5) is 11.5 Å². The monoisotopic (exact) mass is 417 g/mol. The summed E-state index contributed by atoms with van der Waals surface area (Å²) in [6.45, 7) is 3.53. The summed E-state index contributed by atoms with van der Waals surface area (Å²) in [4.78, 5) is 26.6. The van der Waals surface area contributed by atoms with Gasteiger partial charge in [-0.3, -0.25) is 9.69 Å². The highest BCUT2D eigenvalue weighted by Crippen LogP contribution is 2.28. The second kappa shape index (κ2) is 8.30. The van der Waals surface area contributed by atoms with Crippen LogP contribution in [-0.2, 0) is 4.79 Å². The molecule has 1 aromatic carbocycles. The summed E-state index contributed by atoms with van der Waals surface area (Å²) in [6, 6.07) is 7.22. The minimum Gasteiger partial charge on any atom is -0.495 e. The molecule has 1 N–H and O–H groups in total. The topological polar surface area (TPSA) is 70.6 Å². The van der Waals surface area contributed by atoms with Gasteiger partial charge in [0.25, 0.3) is 0 Å². The highest BCUT2D eigenvalue weighted by Gasteiger charge is 2.22. The summed E-state index contributed by atoms with van der Waals surface area (Å²) in [5.41, 5.74) is 0.583. The van der Waals surface area contributed by atoms with Crippen molar-refractivity contribution in [3.63, 3.8) is 0 Å². The zero-order chi connectivity index (χ0) is 19.5. The van der Waals surface area contributed by atoms with Crippen molar-refractivity contribution in [3.05, 3.63) is 41.0 Å². The number of thiophene rings is 1. The Kier molecular flexibility index (Phi) is 5.61. The first-order chi connectivity index (χ1) is 13.6. The SMILES string of the molecule is COc1ccc(Cl)cc1NC(=O)CN1CCN(c2ncnc3sccc23)CC1. The number of carbonyl (C=O) groups is 1. The largest absolute Gasteiger partial charge is 0.495 e. The van der Waals surface area contributed by atoms with Crippen molar-refractivity contribution >= 4 is 50.6 Å². The van der Waals surface area contributed by atoms with Crippen molar-refractivity contribution in [1.29, 1.82) is 0 Å². The van der Waals surface area contributed by atoms with Crippen molar-refractivity contribution in [2.24, 2.45) is 0 Å². The Bertz CT molecular complexity index is 987. The molecule has 0 saturated carbocycles. The van der Waals surface area contributed by atoms with Gasteiger partial charge in [-0.05, 0) is 29.6 Å². The van der Waals surface area contributed by atoms with E-state index < -0.39 is 0 Å². The predicted molar refractivity (Wildman–Crippen MR) is 113 cm³/mol. The van der Waals surface area contributed by atoms with E-state index in [0.717, 1.165) is 42.2 Å². The number of aromatic nitrogens is 2. The molecular formula is C19H20ClN5O2S. The number of amides is 1. The lowest BCUT2D eigenvalue weighted by molar-refractivity contribution is -0.117. The number of carbonyl (C=O) groups excluding carboxylic acids is 1. The maximum absolute atomic E-state index is 12.5. The third-order valence-electron chi connectivity index (χ3n) is 4.72. The Hall–Kier alpha value is -2.42. The van der Waals surface area contributed by atoms with Gasteiger partial charge in [0.15, 0.2) is 0 Å². The fraction of sp³-hybridized carbons (Fsp3) is 0.316. The molecule has 3 aromatic rings. The van der Waals surface area contributed by atoms with Crippen molar-refractivity contribution in [2.45, 2.75) is 0 Å². The van der Waals surface area contributed by atoms with E-state index in [4.69, 9.17) is 16.3 Å². The number of piperazine rings is 1. The van der Waals surface area contributed by atoms with Gasteiger partial charge in [-0.15, -0.1) is 11.3 Å². The van der Waals surface area contributed by atoms with E-state index >= 15 is 0 Å². The van der Waals surface area contributed by atoms with E-state index in [-0.39, 0.29) is 5.91 Å². The van der Waals surface area contributed by atoms with Crippen LogP contribution < -0.4 is 15.0 Å². The molecule has 146 valence electrons. The van der Waals surface area contributed by atoms with E-state index in [2.05, 4.69) is 31.2 Å². The number of hydrogen-bond acceptors (Lipinski definition) is 7. The van der Waals surface area contributed by atoms with Crippen LogP contribution in [0.3, 0.4) is 0 Å². The number of benzene rings is 1. The zero-order valence-electron chi connectivity index (χ0n) is 15.4. The number of halogens is 1. The first-order valence-corrected chi connectivity index (χ1v) is 10.2. The number of fused-ring (bicyclic) bond motifs is 1. The van der Waals surface area contributed by atoms with E-state index in [1.54, 1.807) is 43.0 Å². The number of hydrogen-bond donors (Lipinski definition) is 1. The van der Waals surface area contributed by atoms with E-state index in [0.29, 0.717) is 23.0 Å². The molecule has 0 atom stereocenters.